The number of rotatable bonds is 7. The maximum absolute atomic E-state index is 13.2. The van der Waals surface area contributed by atoms with E-state index in [1.54, 1.807) is 24.9 Å². The molecule has 0 spiro atoms. The van der Waals surface area contributed by atoms with Crippen LogP contribution in [0.5, 0.6) is 11.5 Å². The lowest BCUT2D eigenvalue weighted by atomic mass is 9.45. The number of nitrogens with one attached hydrogen (secondary N) is 1. The zero-order chi connectivity index (χ0) is 26.5. The minimum Gasteiger partial charge on any atom is -0.504 e. The number of ether oxygens (including phenoxy) is 2. The molecule has 6 atom stereocenters. The second-order valence-electron chi connectivity index (χ2n) is 12.0. The number of hydrogen-bond donors (Lipinski definition) is 3. The van der Waals surface area contributed by atoms with Gasteiger partial charge in [-0.3, -0.25) is 4.79 Å². The Bertz CT molecular complexity index is 981. The number of aromatic hydroxyl groups is 2. The van der Waals surface area contributed by atoms with Crippen LogP contribution in [-0.2, 0) is 26.1 Å². The minimum absolute atomic E-state index is 0.0181. The van der Waals surface area contributed by atoms with Crippen LogP contribution in [0.2, 0.25) is 0 Å². The number of fused-ring (bicyclic) bond motifs is 1. The quantitative estimate of drug-likeness (QED) is 0.369. The number of thioether (sulfide) groups is 1. The van der Waals surface area contributed by atoms with Crippen LogP contribution in [0.15, 0.2) is 12.1 Å². The van der Waals surface area contributed by atoms with Crippen molar-refractivity contribution in [2.75, 3.05) is 32.7 Å². The summed E-state index contributed by atoms with van der Waals surface area (Å²) in [5, 5.41) is 25.5. The number of benzene rings is 1. The standard InChI is InChI=1S/C28H44N2O5S/c1-17-19(29-20(11-15-36-7)25(33)35-26(2,3)4)10-12-28(34-6)22-16-18-8-9-21(31)24(32)23(18)27(17,28)13-14-30(22)5/h8-9,17,19-20,22,29,31-32H,10-16H2,1-7H3/t17-,19?,20-,22?,27+,28+/m0/s1. The summed E-state index contributed by atoms with van der Waals surface area (Å²) in [4.78, 5) is 15.6. The summed E-state index contributed by atoms with van der Waals surface area (Å²) in [7, 11) is 3.96. The fraction of sp³-hybridized carbons (Fsp3) is 0.750. The summed E-state index contributed by atoms with van der Waals surface area (Å²) in [5.41, 5.74) is 0.379. The zero-order valence-corrected chi connectivity index (χ0v) is 23.7. The number of nitrogens with zero attached hydrogens (tertiary/aromatic N) is 1. The third-order valence-electron chi connectivity index (χ3n) is 9.08. The molecular formula is C28H44N2O5S. The number of carbonyl (C=O) groups is 1. The van der Waals surface area contributed by atoms with Gasteiger partial charge in [0.05, 0.1) is 5.60 Å². The molecule has 1 heterocycles. The molecule has 2 aliphatic carbocycles. The van der Waals surface area contributed by atoms with Gasteiger partial charge in [0.1, 0.15) is 11.6 Å². The van der Waals surface area contributed by atoms with Crippen molar-refractivity contribution in [3.63, 3.8) is 0 Å². The van der Waals surface area contributed by atoms with Gasteiger partial charge in [-0.05, 0) is 96.0 Å². The van der Waals surface area contributed by atoms with E-state index in [9.17, 15) is 15.0 Å². The van der Waals surface area contributed by atoms with Crippen LogP contribution in [0.3, 0.4) is 0 Å². The first-order valence-electron chi connectivity index (χ1n) is 13.2. The van der Waals surface area contributed by atoms with Crippen LogP contribution in [0, 0.1) is 5.92 Å². The van der Waals surface area contributed by atoms with Crippen molar-refractivity contribution in [2.45, 2.75) is 94.5 Å². The molecule has 1 aromatic carbocycles. The maximum Gasteiger partial charge on any atom is 0.323 e. The van der Waals surface area contributed by atoms with E-state index in [4.69, 9.17) is 9.47 Å². The topological polar surface area (TPSA) is 91.3 Å². The van der Waals surface area contributed by atoms with E-state index in [0.717, 1.165) is 49.1 Å². The van der Waals surface area contributed by atoms with Gasteiger partial charge in [-0.15, -0.1) is 0 Å². The molecule has 7 nitrogen and oxygen atoms in total. The van der Waals surface area contributed by atoms with Crippen LogP contribution < -0.4 is 5.32 Å². The Hall–Kier alpha value is -1.48. The molecule has 1 saturated heterocycles. The van der Waals surface area contributed by atoms with Gasteiger partial charge in [-0.2, -0.15) is 11.8 Å². The summed E-state index contributed by atoms with van der Waals surface area (Å²) in [6, 6.07) is 3.37. The molecule has 3 aliphatic rings. The van der Waals surface area contributed by atoms with Crippen molar-refractivity contribution in [2.24, 2.45) is 5.92 Å². The molecule has 2 bridgehead atoms. The molecule has 0 radical (unpaired) electrons. The summed E-state index contributed by atoms with van der Waals surface area (Å²) >= 11 is 1.72. The first-order valence-corrected chi connectivity index (χ1v) is 14.6. The van der Waals surface area contributed by atoms with E-state index in [1.807, 2.05) is 33.1 Å². The number of likely N-dealkylation sites (tertiary alicyclic amines) is 1. The maximum atomic E-state index is 13.2. The first kappa shape index (κ1) is 27.6. The van der Waals surface area contributed by atoms with Crippen LogP contribution in [-0.4, -0.2) is 83.1 Å². The van der Waals surface area contributed by atoms with Crippen molar-refractivity contribution in [1.29, 1.82) is 0 Å². The van der Waals surface area contributed by atoms with Crippen molar-refractivity contribution < 1.29 is 24.5 Å². The normalized spacial score (nSPS) is 32.9. The van der Waals surface area contributed by atoms with Crippen molar-refractivity contribution in [3.05, 3.63) is 23.3 Å². The van der Waals surface area contributed by atoms with Gasteiger partial charge < -0.3 is 29.9 Å². The summed E-state index contributed by atoms with van der Waals surface area (Å²) in [6.45, 7) is 8.81. The molecule has 8 heteroatoms. The molecular weight excluding hydrogens is 476 g/mol. The van der Waals surface area contributed by atoms with Gasteiger partial charge >= 0.3 is 5.97 Å². The molecule has 1 saturated carbocycles. The lowest BCUT2D eigenvalue weighted by molar-refractivity contribution is -0.202. The number of piperidine rings is 1. The van der Waals surface area contributed by atoms with E-state index < -0.39 is 22.7 Å². The van der Waals surface area contributed by atoms with Crippen molar-refractivity contribution >= 4 is 17.7 Å². The Kier molecular flexibility index (Phi) is 7.66. The average molecular weight is 521 g/mol. The highest BCUT2D eigenvalue weighted by atomic mass is 32.2. The van der Waals surface area contributed by atoms with Crippen LogP contribution >= 0.6 is 11.8 Å². The highest BCUT2D eigenvalue weighted by Crippen LogP contribution is 2.64. The third-order valence-corrected chi connectivity index (χ3v) is 9.72. The highest BCUT2D eigenvalue weighted by Gasteiger charge is 2.69. The number of methoxy groups -OCH3 is 1. The molecule has 202 valence electrons. The Morgan fingerprint density at radius 3 is 2.67 bits per heavy atom. The molecule has 4 rings (SSSR count). The fourth-order valence-electron chi connectivity index (χ4n) is 7.51. The summed E-state index contributed by atoms with van der Waals surface area (Å²) in [6.07, 6.45) is 5.98. The van der Waals surface area contributed by atoms with Gasteiger partial charge in [0.15, 0.2) is 11.5 Å². The number of likely N-dealkylation sites (N-methyl/N-ethyl adjacent to an activating group) is 1. The lowest BCUT2D eigenvalue weighted by Crippen LogP contribution is -2.77. The molecule has 0 aromatic heterocycles. The number of carbonyl (C=O) groups excluding carboxylic acids is 1. The van der Waals surface area contributed by atoms with E-state index in [2.05, 4.69) is 24.2 Å². The predicted octanol–water partition coefficient (Wildman–Crippen LogP) is 3.83. The monoisotopic (exact) mass is 520 g/mol. The van der Waals surface area contributed by atoms with E-state index in [-0.39, 0.29) is 35.5 Å². The molecule has 1 aromatic rings. The molecule has 2 unspecified atom stereocenters. The van der Waals surface area contributed by atoms with Crippen LogP contribution in [0.25, 0.3) is 0 Å². The Morgan fingerprint density at radius 1 is 1.31 bits per heavy atom. The Balaban J connectivity index is 1.76. The van der Waals surface area contributed by atoms with Crippen LogP contribution in [0.4, 0.5) is 0 Å². The molecule has 3 N–H and O–H groups in total. The predicted molar refractivity (Wildman–Crippen MR) is 144 cm³/mol. The highest BCUT2D eigenvalue weighted by molar-refractivity contribution is 7.98. The van der Waals surface area contributed by atoms with Crippen LogP contribution in [0.1, 0.15) is 64.5 Å². The average Bonchev–Trinajstić information content (AvgIpc) is 2.81. The summed E-state index contributed by atoms with van der Waals surface area (Å²) in [5.74, 6) is 0.592. The van der Waals surface area contributed by atoms with E-state index >= 15 is 0 Å². The molecule has 1 aliphatic heterocycles. The number of esters is 1. The Labute approximate surface area is 220 Å². The number of phenolic OH excluding ortho intramolecular Hbond substituents is 2. The van der Waals surface area contributed by atoms with E-state index in [0.29, 0.717) is 6.42 Å². The number of hydrogen-bond acceptors (Lipinski definition) is 8. The molecule has 36 heavy (non-hydrogen) atoms. The molecule has 0 amide bonds. The summed E-state index contributed by atoms with van der Waals surface area (Å²) < 4.78 is 12.3. The Morgan fingerprint density at radius 2 is 2.03 bits per heavy atom. The largest absolute Gasteiger partial charge is 0.504 e. The van der Waals surface area contributed by atoms with E-state index in [1.165, 1.54) is 0 Å². The lowest BCUT2D eigenvalue weighted by Gasteiger charge is -2.68. The van der Waals surface area contributed by atoms with Crippen molar-refractivity contribution in [3.8, 4) is 11.5 Å². The smallest absolute Gasteiger partial charge is 0.323 e. The second-order valence-corrected chi connectivity index (χ2v) is 12.9. The first-order chi connectivity index (χ1) is 16.9. The fourth-order valence-corrected chi connectivity index (χ4v) is 7.98. The van der Waals surface area contributed by atoms with Gasteiger partial charge in [0.2, 0.25) is 0 Å². The van der Waals surface area contributed by atoms with Gasteiger partial charge in [-0.1, -0.05) is 13.0 Å². The third kappa shape index (κ3) is 4.32. The van der Waals surface area contributed by atoms with Gasteiger partial charge in [0.25, 0.3) is 0 Å². The van der Waals surface area contributed by atoms with Gasteiger partial charge in [-0.25, -0.2) is 0 Å². The minimum atomic E-state index is -0.550. The van der Waals surface area contributed by atoms with Crippen molar-refractivity contribution in [1.82, 2.24) is 10.2 Å². The van der Waals surface area contributed by atoms with Gasteiger partial charge in [0, 0.05) is 30.2 Å². The SMILES string of the molecule is CO[C@@]12CCC(N[C@@H](CCSC)C(=O)OC(C)(C)C)[C@H](C)[C@@]13CCN(C)C2Cc1ccc(O)c(O)c13. The molecule has 2 fully saturated rings. The second kappa shape index (κ2) is 10.0. The zero-order valence-electron chi connectivity index (χ0n) is 22.9. The number of phenols is 2.